The molecule has 5 rings (SSSR count). The standard InChI is InChI=1S/C20H17N5O3S/c26-20(17-9-18(28-22-17)19-7-4-8-29-19)24-11-15(12-24)25-10-14(21-23-25)13-27-16-5-2-1-3-6-16/h1-10,15H,11-13H2. The van der Waals surface area contributed by atoms with Gasteiger partial charge in [0.15, 0.2) is 11.5 Å². The second kappa shape index (κ2) is 7.51. The molecule has 4 heterocycles. The smallest absolute Gasteiger partial charge is 0.276 e. The maximum atomic E-state index is 12.6. The van der Waals surface area contributed by atoms with Crippen LogP contribution in [0.25, 0.3) is 10.6 Å². The zero-order valence-corrected chi connectivity index (χ0v) is 16.2. The van der Waals surface area contributed by atoms with Gasteiger partial charge in [0.1, 0.15) is 18.1 Å². The van der Waals surface area contributed by atoms with Crippen molar-refractivity contribution in [1.82, 2.24) is 25.1 Å². The number of thiophene rings is 1. The van der Waals surface area contributed by atoms with E-state index in [1.54, 1.807) is 27.0 Å². The van der Waals surface area contributed by atoms with E-state index in [1.807, 2.05) is 54.0 Å². The molecule has 0 bridgehead atoms. The molecule has 3 aromatic heterocycles. The average Bonchev–Trinajstić information content (AvgIpc) is 3.47. The molecule has 1 aliphatic heterocycles. The number of benzene rings is 1. The predicted octanol–water partition coefficient (Wildman–Crippen LogP) is 3.27. The monoisotopic (exact) mass is 407 g/mol. The Balaban J connectivity index is 1.16. The molecule has 9 heteroatoms. The normalized spacial score (nSPS) is 14.0. The fourth-order valence-corrected chi connectivity index (χ4v) is 3.77. The van der Waals surface area contributed by atoms with E-state index in [4.69, 9.17) is 9.26 Å². The molecule has 0 saturated carbocycles. The van der Waals surface area contributed by atoms with E-state index >= 15 is 0 Å². The molecule has 29 heavy (non-hydrogen) atoms. The summed E-state index contributed by atoms with van der Waals surface area (Å²) in [4.78, 5) is 15.3. The number of ether oxygens (including phenoxy) is 1. The van der Waals surface area contributed by atoms with Gasteiger partial charge in [-0.3, -0.25) is 4.79 Å². The Kier molecular flexibility index (Phi) is 4.57. The van der Waals surface area contributed by atoms with Crippen LogP contribution in [-0.2, 0) is 6.61 Å². The van der Waals surface area contributed by atoms with Gasteiger partial charge in [-0.25, -0.2) is 4.68 Å². The van der Waals surface area contributed by atoms with Crippen LogP contribution >= 0.6 is 11.3 Å². The van der Waals surface area contributed by atoms with Crippen LogP contribution in [0.2, 0.25) is 0 Å². The molecule has 0 unspecified atom stereocenters. The Morgan fingerprint density at radius 1 is 1.21 bits per heavy atom. The molecule has 0 spiro atoms. The maximum absolute atomic E-state index is 12.6. The van der Waals surface area contributed by atoms with Gasteiger partial charge in [-0.05, 0) is 23.6 Å². The Labute approximate surface area is 170 Å². The van der Waals surface area contributed by atoms with Crippen molar-refractivity contribution in [3.05, 3.63) is 71.5 Å². The largest absolute Gasteiger partial charge is 0.487 e. The third-order valence-corrected chi connectivity index (χ3v) is 5.59. The number of carbonyl (C=O) groups is 1. The molecule has 4 aromatic rings. The van der Waals surface area contributed by atoms with Crippen molar-refractivity contribution < 1.29 is 14.1 Å². The zero-order chi connectivity index (χ0) is 19.6. The van der Waals surface area contributed by atoms with Gasteiger partial charge in [0.25, 0.3) is 5.91 Å². The van der Waals surface area contributed by atoms with Gasteiger partial charge in [0.05, 0.1) is 17.1 Å². The van der Waals surface area contributed by atoms with Crippen LogP contribution in [0.15, 0.2) is 64.6 Å². The van der Waals surface area contributed by atoms with E-state index in [0.717, 1.165) is 16.3 Å². The fourth-order valence-electron chi connectivity index (χ4n) is 3.09. The lowest BCUT2D eigenvalue weighted by Crippen LogP contribution is -2.51. The van der Waals surface area contributed by atoms with Crippen molar-refractivity contribution in [2.75, 3.05) is 13.1 Å². The number of para-hydroxylation sites is 1. The topological polar surface area (TPSA) is 86.3 Å². The summed E-state index contributed by atoms with van der Waals surface area (Å²) < 4.78 is 12.8. The Hall–Kier alpha value is -3.46. The van der Waals surface area contributed by atoms with Gasteiger partial charge in [0.2, 0.25) is 0 Å². The molecular weight excluding hydrogens is 390 g/mol. The Morgan fingerprint density at radius 3 is 2.86 bits per heavy atom. The summed E-state index contributed by atoms with van der Waals surface area (Å²) in [6.07, 6.45) is 1.86. The number of nitrogens with zero attached hydrogens (tertiary/aromatic N) is 5. The van der Waals surface area contributed by atoms with Crippen LogP contribution in [0.3, 0.4) is 0 Å². The van der Waals surface area contributed by atoms with Gasteiger partial charge in [0, 0.05) is 19.2 Å². The number of likely N-dealkylation sites (tertiary alicyclic amines) is 1. The van der Waals surface area contributed by atoms with Crippen molar-refractivity contribution in [3.8, 4) is 16.4 Å². The number of amides is 1. The lowest BCUT2D eigenvalue weighted by molar-refractivity contribution is 0.0488. The van der Waals surface area contributed by atoms with Crippen LogP contribution < -0.4 is 4.74 Å². The van der Waals surface area contributed by atoms with Gasteiger partial charge in [-0.2, -0.15) is 0 Å². The van der Waals surface area contributed by atoms with Crippen LogP contribution in [0.5, 0.6) is 5.75 Å². The van der Waals surface area contributed by atoms with E-state index in [0.29, 0.717) is 31.2 Å². The Morgan fingerprint density at radius 2 is 2.07 bits per heavy atom. The molecule has 0 aliphatic carbocycles. The predicted molar refractivity (Wildman–Crippen MR) is 106 cm³/mol. The summed E-state index contributed by atoms with van der Waals surface area (Å²) >= 11 is 1.54. The third-order valence-electron chi connectivity index (χ3n) is 4.70. The molecule has 0 N–H and O–H groups in total. The van der Waals surface area contributed by atoms with Crippen LogP contribution in [0.4, 0.5) is 0 Å². The molecule has 146 valence electrons. The van der Waals surface area contributed by atoms with Crippen molar-refractivity contribution in [2.24, 2.45) is 0 Å². The van der Waals surface area contributed by atoms with Gasteiger partial charge in [-0.15, -0.1) is 16.4 Å². The van der Waals surface area contributed by atoms with Gasteiger partial charge in [-0.1, -0.05) is 34.6 Å². The van der Waals surface area contributed by atoms with E-state index < -0.39 is 0 Å². The molecule has 0 radical (unpaired) electrons. The molecule has 0 atom stereocenters. The zero-order valence-electron chi connectivity index (χ0n) is 15.3. The molecule has 1 aliphatic rings. The lowest BCUT2D eigenvalue weighted by atomic mass is 10.1. The summed E-state index contributed by atoms with van der Waals surface area (Å²) in [6.45, 7) is 1.47. The van der Waals surface area contributed by atoms with Crippen molar-refractivity contribution in [3.63, 3.8) is 0 Å². The molecule has 8 nitrogen and oxygen atoms in total. The first-order chi connectivity index (χ1) is 14.3. The van der Waals surface area contributed by atoms with Gasteiger partial charge < -0.3 is 14.2 Å². The highest BCUT2D eigenvalue weighted by Crippen LogP contribution is 2.27. The minimum absolute atomic E-state index is 0.0978. The summed E-state index contributed by atoms with van der Waals surface area (Å²) in [5.74, 6) is 1.26. The highest BCUT2D eigenvalue weighted by molar-refractivity contribution is 7.13. The van der Waals surface area contributed by atoms with E-state index in [-0.39, 0.29) is 11.9 Å². The summed E-state index contributed by atoms with van der Waals surface area (Å²) in [5, 5.41) is 14.2. The first-order valence-corrected chi connectivity index (χ1v) is 10.0. The highest BCUT2D eigenvalue weighted by atomic mass is 32.1. The molecule has 1 saturated heterocycles. The van der Waals surface area contributed by atoms with Crippen molar-refractivity contribution in [1.29, 1.82) is 0 Å². The summed E-state index contributed by atoms with van der Waals surface area (Å²) in [5.41, 5.74) is 1.07. The number of aromatic nitrogens is 4. The maximum Gasteiger partial charge on any atom is 0.276 e. The molecule has 1 fully saturated rings. The average molecular weight is 407 g/mol. The first-order valence-electron chi connectivity index (χ1n) is 9.15. The number of hydrogen-bond donors (Lipinski definition) is 0. The van der Waals surface area contributed by atoms with Crippen molar-refractivity contribution >= 4 is 17.2 Å². The van der Waals surface area contributed by atoms with Crippen LogP contribution in [0, 0.1) is 0 Å². The summed E-state index contributed by atoms with van der Waals surface area (Å²) in [7, 11) is 0. The summed E-state index contributed by atoms with van der Waals surface area (Å²) in [6, 6.07) is 15.2. The molecule has 1 aromatic carbocycles. The van der Waals surface area contributed by atoms with E-state index in [2.05, 4.69) is 15.5 Å². The van der Waals surface area contributed by atoms with Crippen LogP contribution in [0.1, 0.15) is 22.2 Å². The molecular formula is C20H17N5O3S. The lowest BCUT2D eigenvalue weighted by Gasteiger charge is -2.38. The van der Waals surface area contributed by atoms with Crippen LogP contribution in [-0.4, -0.2) is 44.0 Å². The minimum atomic E-state index is -0.138. The van der Waals surface area contributed by atoms with E-state index in [9.17, 15) is 4.79 Å². The van der Waals surface area contributed by atoms with Gasteiger partial charge >= 0.3 is 0 Å². The SMILES string of the molecule is O=C(c1cc(-c2cccs2)on1)N1CC(n2cc(COc3ccccc3)nn2)C1. The quantitative estimate of drug-likeness (QED) is 0.488. The highest BCUT2D eigenvalue weighted by Gasteiger charge is 2.34. The molecule has 1 amide bonds. The third kappa shape index (κ3) is 3.64. The second-order valence-electron chi connectivity index (χ2n) is 6.71. The number of hydrogen-bond acceptors (Lipinski definition) is 7. The first kappa shape index (κ1) is 17.6. The van der Waals surface area contributed by atoms with Crippen molar-refractivity contribution in [2.45, 2.75) is 12.6 Å². The minimum Gasteiger partial charge on any atom is -0.487 e. The number of rotatable bonds is 6. The number of carbonyl (C=O) groups excluding carboxylic acids is 1. The second-order valence-corrected chi connectivity index (χ2v) is 7.66. The fraction of sp³-hybridized carbons (Fsp3) is 0.200. The van der Waals surface area contributed by atoms with E-state index in [1.165, 1.54) is 0 Å². The Bertz CT molecular complexity index is 1100.